The maximum atomic E-state index is 6.15. The van der Waals surface area contributed by atoms with Gasteiger partial charge in [-0.25, -0.2) is 0 Å². The molecule has 2 nitrogen and oxygen atoms in total. The fourth-order valence-electron chi connectivity index (χ4n) is 4.19. The summed E-state index contributed by atoms with van der Waals surface area (Å²) in [6.07, 6.45) is 6.91. The highest BCUT2D eigenvalue weighted by Crippen LogP contribution is 2.40. The lowest BCUT2D eigenvalue weighted by molar-refractivity contribution is 0.0974. The first-order chi connectivity index (χ1) is 8.54. The van der Waals surface area contributed by atoms with Crippen LogP contribution in [0.25, 0.3) is 0 Å². The van der Waals surface area contributed by atoms with E-state index >= 15 is 0 Å². The summed E-state index contributed by atoms with van der Waals surface area (Å²) in [7, 11) is 0. The Balaban J connectivity index is 1.91. The van der Waals surface area contributed by atoms with E-state index in [2.05, 4.69) is 25.7 Å². The molecule has 2 aliphatic rings. The number of hydrogen-bond donors (Lipinski definition) is 1. The van der Waals surface area contributed by atoms with E-state index in [0.29, 0.717) is 5.41 Å². The van der Waals surface area contributed by atoms with Crippen LogP contribution in [0.3, 0.4) is 0 Å². The summed E-state index contributed by atoms with van der Waals surface area (Å²) in [5.41, 5.74) is 6.58. The Bertz CT molecular complexity index is 264. The van der Waals surface area contributed by atoms with E-state index in [0.717, 1.165) is 24.3 Å². The first kappa shape index (κ1) is 14.3. The maximum Gasteiger partial charge on any atom is 0.00503 e. The van der Waals surface area contributed by atoms with Crippen LogP contribution in [0.4, 0.5) is 0 Å². The molecular formula is C16H32N2. The van der Waals surface area contributed by atoms with Crippen molar-refractivity contribution in [1.29, 1.82) is 0 Å². The molecule has 3 atom stereocenters. The van der Waals surface area contributed by atoms with Crippen molar-refractivity contribution in [3.05, 3.63) is 0 Å². The Morgan fingerprint density at radius 2 is 2.11 bits per heavy atom. The van der Waals surface area contributed by atoms with Gasteiger partial charge in [-0.05, 0) is 55.5 Å². The lowest BCUT2D eigenvalue weighted by atomic mass is 9.70. The molecule has 0 spiro atoms. The Kier molecular flexibility index (Phi) is 4.71. The summed E-state index contributed by atoms with van der Waals surface area (Å²) < 4.78 is 0. The summed E-state index contributed by atoms with van der Waals surface area (Å²) in [4.78, 5) is 2.70. The smallest absolute Gasteiger partial charge is 0.00503 e. The molecule has 2 N–H and O–H groups in total. The van der Waals surface area contributed by atoms with Gasteiger partial charge >= 0.3 is 0 Å². The van der Waals surface area contributed by atoms with E-state index in [1.54, 1.807) is 0 Å². The monoisotopic (exact) mass is 252 g/mol. The fourth-order valence-corrected chi connectivity index (χ4v) is 4.19. The van der Waals surface area contributed by atoms with Gasteiger partial charge in [0.15, 0.2) is 0 Å². The van der Waals surface area contributed by atoms with Crippen LogP contribution in [-0.4, -0.2) is 31.1 Å². The van der Waals surface area contributed by atoms with E-state index in [9.17, 15) is 0 Å². The van der Waals surface area contributed by atoms with Gasteiger partial charge in [0.1, 0.15) is 0 Å². The highest BCUT2D eigenvalue weighted by molar-refractivity contribution is 4.91. The zero-order valence-electron chi connectivity index (χ0n) is 12.6. The van der Waals surface area contributed by atoms with Crippen LogP contribution >= 0.6 is 0 Å². The Labute approximate surface area is 113 Å². The Morgan fingerprint density at radius 1 is 1.33 bits per heavy atom. The molecule has 1 saturated heterocycles. The molecule has 0 bridgehead atoms. The highest BCUT2D eigenvalue weighted by atomic mass is 15.2. The molecule has 0 aromatic rings. The van der Waals surface area contributed by atoms with E-state index in [1.807, 2.05) is 0 Å². The molecule has 1 saturated carbocycles. The largest absolute Gasteiger partial charge is 0.330 e. The SMILES string of the molecule is CC1CCCC(CN)(CN2CCC(C(C)C)C2)C1. The molecule has 106 valence electrons. The van der Waals surface area contributed by atoms with Crippen molar-refractivity contribution in [2.75, 3.05) is 26.2 Å². The molecule has 0 amide bonds. The van der Waals surface area contributed by atoms with Crippen molar-refractivity contribution in [2.45, 2.75) is 52.9 Å². The van der Waals surface area contributed by atoms with Gasteiger partial charge < -0.3 is 10.6 Å². The van der Waals surface area contributed by atoms with Crippen molar-refractivity contribution in [3.8, 4) is 0 Å². The summed E-state index contributed by atoms with van der Waals surface area (Å²) in [5, 5.41) is 0. The van der Waals surface area contributed by atoms with Crippen molar-refractivity contribution < 1.29 is 0 Å². The van der Waals surface area contributed by atoms with Crippen LogP contribution in [0, 0.1) is 23.2 Å². The second-order valence-electron chi connectivity index (χ2n) is 7.43. The first-order valence-corrected chi connectivity index (χ1v) is 7.97. The van der Waals surface area contributed by atoms with Gasteiger partial charge in [0, 0.05) is 13.1 Å². The van der Waals surface area contributed by atoms with Crippen LogP contribution < -0.4 is 5.73 Å². The van der Waals surface area contributed by atoms with Gasteiger partial charge in [-0.1, -0.05) is 33.6 Å². The lowest BCUT2D eigenvalue weighted by Crippen LogP contribution is -2.44. The second-order valence-corrected chi connectivity index (χ2v) is 7.43. The molecule has 0 radical (unpaired) electrons. The topological polar surface area (TPSA) is 29.3 Å². The maximum absolute atomic E-state index is 6.15. The zero-order chi connectivity index (χ0) is 13.2. The van der Waals surface area contributed by atoms with Gasteiger partial charge in [-0.2, -0.15) is 0 Å². The molecule has 0 aromatic carbocycles. The zero-order valence-corrected chi connectivity index (χ0v) is 12.6. The third-order valence-electron chi connectivity index (χ3n) is 5.43. The quantitative estimate of drug-likeness (QED) is 0.833. The minimum Gasteiger partial charge on any atom is -0.330 e. The van der Waals surface area contributed by atoms with E-state index in [1.165, 1.54) is 51.7 Å². The van der Waals surface area contributed by atoms with Crippen molar-refractivity contribution in [2.24, 2.45) is 28.9 Å². The van der Waals surface area contributed by atoms with E-state index in [-0.39, 0.29) is 0 Å². The third-order valence-corrected chi connectivity index (χ3v) is 5.43. The van der Waals surface area contributed by atoms with Gasteiger partial charge in [-0.3, -0.25) is 0 Å². The van der Waals surface area contributed by atoms with Gasteiger partial charge in [0.25, 0.3) is 0 Å². The molecule has 1 aliphatic heterocycles. The standard InChI is InChI=1S/C16H32N2/c1-13(2)15-6-8-18(10-15)12-16(11-17)7-4-5-14(3)9-16/h13-15H,4-12,17H2,1-3H3. The summed E-state index contributed by atoms with van der Waals surface area (Å²) in [6, 6.07) is 0. The summed E-state index contributed by atoms with van der Waals surface area (Å²) >= 11 is 0. The summed E-state index contributed by atoms with van der Waals surface area (Å²) in [5.74, 6) is 2.64. The van der Waals surface area contributed by atoms with Gasteiger partial charge in [0.05, 0.1) is 0 Å². The molecule has 2 fully saturated rings. The minimum absolute atomic E-state index is 0.434. The number of hydrogen-bond acceptors (Lipinski definition) is 2. The molecule has 2 rings (SSSR count). The van der Waals surface area contributed by atoms with Crippen LogP contribution in [0.2, 0.25) is 0 Å². The van der Waals surface area contributed by atoms with Gasteiger partial charge in [0.2, 0.25) is 0 Å². The van der Waals surface area contributed by atoms with Crippen LogP contribution in [0.15, 0.2) is 0 Å². The number of likely N-dealkylation sites (tertiary alicyclic amines) is 1. The molecule has 0 aromatic heterocycles. The first-order valence-electron chi connectivity index (χ1n) is 7.97. The molecular weight excluding hydrogens is 220 g/mol. The number of rotatable bonds is 4. The predicted molar refractivity (Wildman–Crippen MR) is 78.5 cm³/mol. The van der Waals surface area contributed by atoms with Crippen molar-refractivity contribution >= 4 is 0 Å². The second kappa shape index (κ2) is 5.92. The molecule has 1 heterocycles. The average molecular weight is 252 g/mol. The van der Waals surface area contributed by atoms with Crippen molar-refractivity contribution in [1.82, 2.24) is 4.90 Å². The summed E-state index contributed by atoms with van der Waals surface area (Å²) in [6.45, 7) is 11.9. The van der Waals surface area contributed by atoms with Crippen LogP contribution in [0.1, 0.15) is 52.9 Å². The minimum atomic E-state index is 0.434. The Hall–Kier alpha value is -0.0800. The van der Waals surface area contributed by atoms with Gasteiger partial charge in [-0.15, -0.1) is 0 Å². The molecule has 1 aliphatic carbocycles. The molecule has 2 heteroatoms. The third kappa shape index (κ3) is 3.27. The lowest BCUT2D eigenvalue weighted by Gasteiger charge is -2.42. The highest BCUT2D eigenvalue weighted by Gasteiger charge is 2.37. The average Bonchev–Trinajstić information content (AvgIpc) is 2.77. The Morgan fingerprint density at radius 3 is 2.67 bits per heavy atom. The molecule has 3 unspecified atom stereocenters. The molecule has 18 heavy (non-hydrogen) atoms. The van der Waals surface area contributed by atoms with E-state index < -0.39 is 0 Å². The fraction of sp³-hybridized carbons (Fsp3) is 1.00. The predicted octanol–water partition coefficient (Wildman–Crippen LogP) is 3.12. The normalized spacial score (nSPS) is 38.5. The van der Waals surface area contributed by atoms with Crippen molar-refractivity contribution in [3.63, 3.8) is 0 Å². The number of nitrogens with two attached hydrogens (primary N) is 1. The van der Waals surface area contributed by atoms with Crippen LogP contribution in [0.5, 0.6) is 0 Å². The van der Waals surface area contributed by atoms with E-state index in [4.69, 9.17) is 5.73 Å². The number of nitrogens with zero attached hydrogens (tertiary/aromatic N) is 1. The van der Waals surface area contributed by atoms with Crippen LogP contribution in [-0.2, 0) is 0 Å².